The first-order chi connectivity index (χ1) is 13.2. The van der Waals surface area contributed by atoms with Gasteiger partial charge < -0.3 is 0 Å². The average molecular weight is 374 g/mol. The van der Waals surface area contributed by atoms with Crippen LogP contribution in [0.1, 0.15) is 136 Å². The molecule has 0 aromatic carbocycles. The van der Waals surface area contributed by atoms with Gasteiger partial charge in [-0.1, -0.05) is 97.3 Å². The van der Waals surface area contributed by atoms with Gasteiger partial charge in [0.1, 0.15) is 0 Å². The van der Waals surface area contributed by atoms with E-state index >= 15 is 0 Å². The molecule has 0 N–H and O–H groups in total. The molecule has 1 heteroatoms. The van der Waals surface area contributed by atoms with Crippen LogP contribution in [0.2, 0.25) is 0 Å². The lowest BCUT2D eigenvalue weighted by Gasteiger charge is -2.37. The number of hydrogen-bond acceptors (Lipinski definition) is 1. The quantitative estimate of drug-likeness (QED) is 0.313. The topological polar surface area (TPSA) is 23.8 Å². The van der Waals surface area contributed by atoms with Crippen molar-refractivity contribution in [1.29, 1.82) is 5.26 Å². The minimum Gasteiger partial charge on any atom is -0.198 e. The number of hydrogen-bond donors (Lipinski definition) is 0. The number of rotatable bonds is 12. The summed E-state index contributed by atoms with van der Waals surface area (Å²) in [6, 6.07) is 2.80. The Morgan fingerprint density at radius 3 is 1.70 bits per heavy atom. The average Bonchev–Trinajstić information content (AvgIpc) is 2.72. The Morgan fingerprint density at radius 1 is 0.667 bits per heavy atom. The molecule has 0 aromatic rings. The third-order valence-electron chi connectivity index (χ3n) is 7.98. The highest BCUT2D eigenvalue weighted by atomic mass is 14.4. The molecule has 0 aromatic heterocycles. The molecule has 2 fully saturated rings. The van der Waals surface area contributed by atoms with Crippen LogP contribution in [0.3, 0.4) is 0 Å². The summed E-state index contributed by atoms with van der Waals surface area (Å²) in [6.07, 6.45) is 26.0. The van der Waals surface area contributed by atoms with Crippen molar-refractivity contribution in [2.45, 2.75) is 136 Å². The summed E-state index contributed by atoms with van der Waals surface area (Å²) in [7, 11) is 0. The third kappa shape index (κ3) is 8.17. The molecule has 0 amide bonds. The molecule has 2 saturated carbocycles. The van der Waals surface area contributed by atoms with Crippen molar-refractivity contribution in [2.75, 3.05) is 0 Å². The number of unbranched alkanes of at least 4 members (excludes halogenated alkanes) is 5. The Hall–Kier alpha value is -0.510. The van der Waals surface area contributed by atoms with Crippen molar-refractivity contribution in [1.82, 2.24) is 0 Å². The lowest BCUT2D eigenvalue weighted by Crippen LogP contribution is -2.27. The van der Waals surface area contributed by atoms with Gasteiger partial charge in [0.05, 0.1) is 11.5 Å². The van der Waals surface area contributed by atoms with E-state index in [4.69, 9.17) is 0 Å². The minimum atomic E-state index is 0.0396. The summed E-state index contributed by atoms with van der Waals surface area (Å²) < 4.78 is 0. The van der Waals surface area contributed by atoms with Gasteiger partial charge in [0, 0.05) is 0 Å². The molecular formula is C26H47N. The maximum Gasteiger partial charge on any atom is 0.0689 e. The fourth-order valence-electron chi connectivity index (χ4n) is 5.77. The first-order valence-electron chi connectivity index (χ1n) is 12.6. The molecule has 156 valence electrons. The zero-order chi connectivity index (χ0) is 19.4. The van der Waals surface area contributed by atoms with Crippen LogP contribution < -0.4 is 0 Å². The Kier molecular flexibility index (Phi) is 10.8. The normalized spacial score (nSPS) is 31.5. The summed E-state index contributed by atoms with van der Waals surface area (Å²) in [4.78, 5) is 0. The number of nitrogens with zero attached hydrogens (tertiary/aromatic N) is 1. The molecule has 27 heavy (non-hydrogen) atoms. The van der Waals surface area contributed by atoms with E-state index in [1.54, 1.807) is 0 Å². The van der Waals surface area contributed by atoms with Gasteiger partial charge >= 0.3 is 0 Å². The fourth-order valence-corrected chi connectivity index (χ4v) is 5.77. The second-order valence-corrected chi connectivity index (χ2v) is 10.1. The predicted octanol–water partition coefficient (Wildman–Crippen LogP) is 8.82. The first kappa shape index (κ1) is 22.8. The van der Waals surface area contributed by atoms with E-state index in [0.29, 0.717) is 0 Å². The van der Waals surface area contributed by atoms with E-state index in [9.17, 15) is 5.26 Å². The maximum absolute atomic E-state index is 9.92. The molecule has 0 spiro atoms. The highest BCUT2D eigenvalue weighted by Crippen LogP contribution is 2.45. The molecule has 1 nitrogen and oxygen atoms in total. The van der Waals surface area contributed by atoms with E-state index in [-0.39, 0.29) is 5.41 Å². The molecular weight excluding hydrogens is 326 g/mol. The highest BCUT2D eigenvalue weighted by Gasteiger charge is 2.36. The van der Waals surface area contributed by atoms with Crippen LogP contribution in [0.15, 0.2) is 0 Å². The third-order valence-corrected chi connectivity index (χ3v) is 7.98. The summed E-state index contributed by atoms with van der Waals surface area (Å²) in [5, 5.41) is 9.92. The summed E-state index contributed by atoms with van der Waals surface area (Å²) >= 11 is 0. The van der Waals surface area contributed by atoms with Gasteiger partial charge in [0.25, 0.3) is 0 Å². The van der Waals surface area contributed by atoms with Gasteiger partial charge in [-0.3, -0.25) is 0 Å². The largest absolute Gasteiger partial charge is 0.198 e. The first-order valence-corrected chi connectivity index (χ1v) is 12.6. The van der Waals surface area contributed by atoms with Crippen molar-refractivity contribution in [3.63, 3.8) is 0 Å². The van der Waals surface area contributed by atoms with Crippen LogP contribution in [-0.2, 0) is 0 Å². The second kappa shape index (κ2) is 12.9. The summed E-state index contributed by atoms with van der Waals surface area (Å²) in [5.74, 6) is 2.85. The van der Waals surface area contributed by atoms with Gasteiger partial charge in [-0.15, -0.1) is 0 Å². The predicted molar refractivity (Wildman–Crippen MR) is 118 cm³/mol. The second-order valence-electron chi connectivity index (χ2n) is 10.1. The SMILES string of the molecule is CCCCCC[C@H]1CC[C@@](C#N)(CC[C@H]2CC[C@H](CCCCC)CC2)CC1. The van der Waals surface area contributed by atoms with E-state index < -0.39 is 0 Å². The van der Waals surface area contributed by atoms with Crippen molar-refractivity contribution in [3.05, 3.63) is 0 Å². The standard InChI is InChI=1S/C26H47N/c1-3-5-7-9-11-24-16-19-26(22-27,20-17-24)21-18-25-14-12-23(13-15-25)10-8-6-4-2/h23-25H,3-21H2,1-2H3/t23-,24-,25-,26-. The van der Waals surface area contributed by atoms with E-state index in [2.05, 4.69) is 19.9 Å². The molecule has 0 radical (unpaired) electrons. The summed E-state index contributed by atoms with van der Waals surface area (Å²) in [6.45, 7) is 4.60. The molecule has 2 aliphatic carbocycles. The van der Waals surface area contributed by atoms with Crippen LogP contribution in [-0.4, -0.2) is 0 Å². The monoisotopic (exact) mass is 373 g/mol. The van der Waals surface area contributed by atoms with Crippen LogP contribution >= 0.6 is 0 Å². The maximum atomic E-state index is 9.92. The zero-order valence-electron chi connectivity index (χ0n) is 18.6. The fraction of sp³-hybridized carbons (Fsp3) is 0.962. The van der Waals surface area contributed by atoms with Crippen LogP contribution in [0, 0.1) is 34.5 Å². The van der Waals surface area contributed by atoms with E-state index in [0.717, 1.165) is 17.8 Å². The van der Waals surface area contributed by atoms with E-state index in [1.807, 2.05) is 0 Å². The lowest BCUT2D eigenvalue weighted by atomic mass is 9.66. The van der Waals surface area contributed by atoms with Crippen molar-refractivity contribution < 1.29 is 0 Å². The van der Waals surface area contributed by atoms with Crippen molar-refractivity contribution >= 4 is 0 Å². The molecule has 0 saturated heterocycles. The molecule has 0 unspecified atom stereocenters. The Morgan fingerprint density at radius 2 is 1.15 bits per heavy atom. The molecule has 2 rings (SSSR count). The zero-order valence-corrected chi connectivity index (χ0v) is 18.6. The van der Waals surface area contributed by atoms with Crippen LogP contribution in [0.25, 0.3) is 0 Å². The number of nitriles is 1. The molecule has 0 aliphatic heterocycles. The highest BCUT2D eigenvalue weighted by molar-refractivity contribution is 5.01. The van der Waals surface area contributed by atoms with E-state index in [1.165, 1.54) is 122 Å². The van der Waals surface area contributed by atoms with Crippen molar-refractivity contribution in [3.8, 4) is 6.07 Å². The Labute approximate surface area is 170 Å². The molecule has 0 bridgehead atoms. The Bertz CT molecular complexity index is 404. The molecule has 0 atom stereocenters. The van der Waals surface area contributed by atoms with Gasteiger partial charge in [-0.25, -0.2) is 0 Å². The van der Waals surface area contributed by atoms with Gasteiger partial charge in [-0.2, -0.15) is 5.26 Å². The smallest absolute Gasteiger partial charge is 0.0689 e. The van der Waals surface area contributed by atoms with Crippen molar-refractivity contribution in [2.24, 2.45) is 23.2 Å². The molecule has 0 heterocycles. The van der Waals surface area contributed by atoms with Gasteiger partial charge in [0.15, 0.2) is 0 Å². The van der Waals surface area contributed by atoms with Crippen LogP contribution in [0.4, 0.5) is 0 Å². The van der Waals surface area contributed by atoms with Crippen LogP contribution in [0.5, 0.6) is 0 Å². The summed E-state index contributed by atoms with van der Waals surface area (Å²) in [5.41, 5.74) is 0.0396. The minimum absolute atomic E-state index is 0.0396. The van der Waals surface area contributed by atoms with Gasteiger partial charge in [0.2, 0.25) is 0 Å². The lowest BCUT2D eigenvalue weighted by molar-refractivity contribution is 0.162. The Balaban J connectivity index is 1.62. The molecule has 2 aliphatic rings. The van der Waals surface area contributed by atoms with Gasteiger partial charge in [-0.05, 0) is 56.3 Å².